The number of hydrogen-bond donors (Lipinski definition) is 0. The standard InChI is InChI=1S/C27H32Cl4O2/c1-5-7-9-11-13-32-25-21(28)15-19(16-22(25)29)27(3,4)20-17-23(30)26(24(31)18-20)33-14-12-10-8-6-2/h5-6,15-18H,1-2,7-14H2,3-4H3. The fourth-order valence-corrected chi connectivity index (χ4v) is 4.61. The van der Waals surface area contributed by atoms with Gasteiger partial charge in [0.15, 0.2) is 11.5 Å². The molecule has 33 heavy (non-hydrogen) atoms. The zero-order valence-electron chi connectivity index (χ0n) is 19.4. The van der Waals surface area contributed by atoms with Gasteiger partial charge in [0.2, 0.25) is 0 Å². The van der Waals surface area contributed by atoms with Crippen LogP contribution in [-0.4, -0.2) is 13.2 Å². The highest BCUT2D eigenvalue weighted by atomic mass is 35.5. The summed E-state index contributed by atoms with van der Waals surface area (Å²) in [4.78, 5) is 0. The molecular formula is C27H32Cl4O2. The van der Waals surface area contributed by atoms with Crippen molar-refractivity contribution in [1.82, 2.24) is 0 Å². The SMILES string of the molecule is C=CCCCCOc1c(Cl)cc(C(C)(C)c2cc(Cl)c(OCCCCC=C)c(Cl)c2)cc1Cl. The quantitative estimate of drug-likeness (QED) is 0.179. The lowest BCUT2D eigenvalue weighted by atomic mass is 9.78. The monoisotopic (exact) mass is 528 g/mol. The first kappa shape index (κ1) is 27.9. The summed E-state index contributed by atoms with van der Waals surface area (Å²) >= 11 is 26.2. The van der Waals surface area contributed by atoms with E-state index >= 15 is 0 Å². The first-order valence-electron chi connectivity index (χ1n) is 11.2. The average molecular weight is 530 g/mol. The van der Waals surface area contributed by atoms with E-state index in [4.69, 9.17) is 55.9 Å². The summed E-state index contributed by atoms with van der Waals surface area (Å²) in [5, 5.41) is 1.91. The van der Waals surface area contributed by atoms with Crippen LogP contribution < -0.4 is 9.47 Å². The van der Waals surface area contributed by atoms with Crippen molar-refractivity contribution in [2.24, 2.45) is 0 Å². The van der Waals surface area contributed by atoms with Gasteiger partial charge in [0.05, 0.1) is 33.3 Å². The summed E-state index contributed by atoms with van der Waals surface area (Å²) in [5.41, 5.74) is 1.41. The molecule has 0 saturated carbocycles. The lowest BCUT2D eigenvalue weighted by Crippen LogP contribution is -2.19. The molecule has 0 aliphatic heterocycles. The second kappa shape index (κ2) is 13.5. The van der Waals surface area contributed by atoms with Gasteiger partial charge in [0, 0.05) is 5.41 Å². The Morgan fingerprint density at radius 1 is 0.667 bits per heavy atom. The van der Waals surface area contributed by atoms with Crippen molar-refractivity contribution in [2.45, 2.75) is 57.8 Å². The van der Waals surface area contributed by atoms with Gasteiger partial charge in [-0.1, -0.05) is 72.4 Å². The van der Waals surface area contributed by atoms with Crippen molar-refractivity contribution in [3.63, 3.8) is 0 Å². The molecule has 0 amide bonds. The highest BCUT2D eigenvalue weighted by Gasteiger charge is 2.27. The molecule has 0 fully saturated rings. The Hall–Kier alpha value is -1.32. The zero-order valence-corrected chi connectivity index (χ0v) is 22.4. The van der Waals surface area contributed by atoms with Crippen molar-refractivity contribution >= 4 is 46.4 Å². The van der Waals surface area contributed by atoms with Crippen molar-refractivity contribution in [3.8, 4) is 11.5 Å². The van der Waals surface area contributed by atoms with Crippen LogP contribution in [0.2, 0.25) is 20.1 Å². The molecule has 0 atom stereocenters. The summed E-state index contributed by atoms with van der Waals surface area (Å²) in [6.07, 6.45) is 9.57. The molecule has 0 saturated heterocycles. The molecule has 0 aliphatic carbocycles. The van der Waals surface area contributed by atoms with Crippen molar-refractivity contribution < 1.29 is 9.47 Å². The van der Waals surface area contributed by atoms with Gasteiger partial charge in [-0.15, -0.1) is 13.2 Å². The largest absolute Gasteiger partial charge is 0.490 e. The first-order chi connectivity index (χ1) is 15.7. The van der Waals surface area contributed by atoms with Gasteiger partial charge in [-0.2, -0.15) is 0 Å². The van der Waals surface area contributed by atoms with Crippen LogP contribution in [0.5, 0.6) is 11.5 Å². The topological polar surface area (TPSA) is 18.5 Å². The summed E-state index contributed by atoms with van der Waals surface area (Å²) in [5.74, 6) is 1.01. The number of unbranched alkanes of at least 4 members (excludes halogenated alkanes) is 4. The van der Waals surface area contributed by atoms with Crippen LogP contribution in [0.3, 0.4) is 0 Å². The summed E-state index contributed by atoms with van der Waals surface area (Å²) in [6.45, 7) is 12.7. The van der Waals surface area contributed by atoms with E-state index < -0.39 is 5.41 Å². The molecule has 0 heterocycles. The van der Waals surface area contributed by atoms with E-state index in [0.29, 0.717) is 44.8 Å². The number of ether oxygens (including phenoxy) is 2. The van der Waals surface area contributed by atoms with Gasteiger partial charge in [-0.25, -0.2) is 0 Å². The number of halogens is 4. The van der Waals surface area contributed by atoms with Crippen LogP contribution in [0, 0.1) is 0 Å². The van der Waals surface area contributed by atoms with E-state index in [-0.39, 0.29) is 0 Å². The molecule has 180 valence electrons. The van der Waals surface area contributed by atoms with Crippen LogP contribution >= 0.6 is 46.4 Å². The Bertz CT molecular complexity index is 832. The number of hydrogen-bond acceptors (Lipinski definition) is 2. The lowest BCUT2D eigenvalue weighted by Gasteiger charge is -2.28. The fraction of sp³-hybridized carbons (Fsp3) is 0.407. The minimum Gasteiger partial charge on any atom is -0.490 e. The maximum Gasteiger partial charge on any atom is 0.156 e. The molecule has 0 N–H and O–H groups in total. The van der Waals surface area contributed by atoms with Crippen molar-refractivity contribution in [3.05, 3.63) is 80.8 Å². The summed E-state index contributed by atoms with van der Waals surface area (Å²) in [6, 6.07) is 7.55. The summed E-state index contributed by atoms with van der Waals surface area (Å²) in [7, 11) is 0. The van der Waals surface area contributed by atoms with Gasteiger partial charge in [-0.05, 0) is 73.9 Å². The Labute approximate surface area is 218 Å². The third-order valence-electron chi connectivity index (χ3n) is 5.54. The predicted molar refractivity (Wildman–Crippen MR) is 144 cm³/mol. The van der Waals surface area contributed by atoms with Crippen molar-refractivity contribution in [1.29, 1.82) is 0 Å². The number of rotatable bonds is 14. The minimum atomic E-state index is -0.453. The molecule has 2 nitrogen and oxygen atoms in total. The van der Waals surface area contributed by atoms with Gasteiger partial charge >= 0.3 is 0 Å². The third kappa shape index (κ3) is 7.86. The Morgan fingerprint density at radius 3 is 1.30 bits per heavy atom. The van der Waals surface area contributed by atoms with E-state index in [0.717, 1.165) is 49.7 Å². The molecule has 6 heteroatoms. The summed E-state index contributed by atoms with van der Waals surface area (Å²) < 4.78 is 11.7. The molecule has 0 radical (unpaired) electrons. The van der Waals surface area contributed by atoms with E-state index in [9.17, 15) is 0 Å². The molecule has 2 aromatic carbocycles. The second-order valence-corrected chi connectivity index (χ2v) is 10.1. The smallest absolute Gasteiger partial charge is 0.156 e. The van der Waals surface area contributed by atoms with E-state index in [1.807, 2.05) is 36.4 Å². The Kier molecular flexibility index (Phi) is 11.5. The first-order valence-corrected chi connectivity index (χ1v) is 12.7. The average Bonchev–Trinajstić information content (AvgIpc) is 2.76. The highest BCUT2D eigenvalue weighted by molar-refractivity contribution is 6.38. The van der Waals surface area contributed by atoms with Crippen LogP contribution in [0.4, 0.5) is 0 Å². The molecule has 2 rings (SSSR count). The number of allylic oxidation sites excluding steroid dienone is 2. The van der Waals surface area contributed by atoms with Crippen LogP contribution in [0.1, 0.15) is 63.5 Å². The molecule has 0 spiro atoms. The minimum absolute atomic E-state index is 0.453. The van der Waals surface area contributed by atoms with Gasteiger partial charge < -0.3 is 9.47 Å². The van der Waals surface area contributed by atoms with Gasteiger partial charge in [-0.3, -0.25) is 0 Å². The third-order valence-corrected chi connectivity index (χ3v) is 6.66. The molecular weight excluding hydrogens is 498 g/mol. The Morgan fingerprint density at radius 2 is 1.00 bits per heavy atom. The second-order valence-electron chi connectivity index (χ2n) is 8.43. The maximum atomic E-state index is 6.55. The fourth-order valence-electron chi connectivity index (χ4n) is 3.41. The van der Waals surface area contributed by atoms with Crippen LogP contribution in [-0.2, 0) is 5.41 Å². The van der Waals surface area contributed by atoms with E-state index in [1.165, 1.54) is 0 Å². The number of benzene rings is 2. The van der Waals surface area contributed by atoms with Gasteiger partial charge in [0.25, 0.3) is 0 Å². The Balaban J connectivity index is 2.19. The highest BCUT2D eigenvalue weighted by Crippen LogP contribution is 2.43. The molecule has 0 aromatic heterocycles. The predicted octanol–water partition coefficient (Wildman–Crippen LogP) is 10.1. The normalized spacial score (nSPS) is 11.3. The lowest BCUT2D eigenvalue weighted by molar-refractivity contribution is 0.307. The zero-order chi connectivity index (χ0) is 24.4. The van der Waals surface area contributed by atoms with Gasteiger partial charge in [0.1, 0.15) is 0 Å². The van der Waals surface area contributed by atoms with Crippen molar-refractivity contribution in [2.75, 3.05) is 13.2 Å². The van der Waals surface area contributed by atoms with E-state index in [2.05, 4.69) is 27.0 Å². The molecule has 0 aliphatic rings. The maximum absolute atomic E-state index is 6.55. The van der Waals surface area contributed by atoms with Crippen LogP contribution in [0.25, 0.3) is 0 Å². The van der Waals surface area contributed by atoms with Crippen LogP contribution in [0.15, 0.2) is 49.6 Å². The van der Waals surface area contributed by atoms with E-state index in [1.54, 1.807) is 0 Å². The molecule has 2 aromatic rings. The molecule has 0 unspecified atom stereocenters. The molecule has 0 bridgehead atoms.